The van der Waals surface area contributed by atoms with Gasteiger partial charge in [-0.25, -0.2) is 4.98 Å². The molecule has 10 heteroatoms. The summed E-state index contributed by atoms with van der Waals surface area (Å²) >= 11 is 0. The summed E-state index contributed by atoms with van der Waals surface area (Å²) in [6.45, 7) is 0. The standard InChI is InChI=1S/C22H14N6O4/c29-20(15-9-3-6-12-18(15)28(30)31)25-22-27-26-21(32-22)14-8-2-1-7-13(14)19-23-16-10-4-5-11-17(16)24-19/h1-12H,(H,23,24)(H,25,27,29). The van der Waals surface area contributed by atoms with Crippen molar-refractivity contribution in [1.82, 2.24) is 20.2 Å². The number of nitrogens with zero attached hydrogens (tertiary/aromatic N) is 4. The van der Waals surface area contributed by atoms with Crippen LogP contribution in [-0.2, 0) is 0 Å². The molecule has 5 aromatic rings. The Morgan fingerprint density at radius 3 is 2.47 bits per heavy atom. The first-order valence-electron chi connectivity index (χ1n) is 9.53. The molecule has 1 amide bonds. The molecule has 5 rings (SSSR count). The van der Waals surface area contributed by atoms with Crippen molar-refractivity contribution in [3.05, 3.63) is 88.5 Å². The second-order valence-corrected chi connectivity index (χ2v) is 6.79. The van der Waals surface area contributed by atoms with Crippen molar-refractivity contribution >= 4 is 28.6 Å². The summed E-state index contributed by atoms with van der Waals surface area (Å²) in [6, 6.07) is 20.4. The second-order valence-electron chi connectivity index (χ2n) is 6.79. The Morgan fingerprint density at radius 1 is 0.938 bits per heavy atom. The second kappa shape index (κ2) is 7.76. The summed E-state index contributed by atoms with van der Waals surface area (Å²) in [4.78, 5) is 30.9. The Balaban J connectivity index is 1.46. The fraction of sp³-hybridized carbons (Fsp3) is 0. The van der Waals surface area contributed by atoms with E-state index in [1.165, 1.54) is 24.3 Å². The third-order valence-electron chi connectivity index (χ3n) is 4.79. The molecular weight excluding hydrogens is 412 g/mol. The molecule has 0 aliphatic carbocycles. The van der Waals surface area contributed by atoms with Crippen molar-refractivity contribution in [2.45, 2.75) is 0 Å². The Kier molecular flexibility index (Phi) is 4.64. The number of hydrogen-bond donors (Lipinski definition) is 2. The van der Waals surface area contributed by atoms with E-state index in [0.29, 0.717) is 11.4 Å². The lowest BCUT2D eigenvalue weighted by atomic mass is 10.1. The van der Waals surface area contributed by atoms with Gasteiger partial charge in [-0.15, -0.1) is 5.10 Å². The molecule has 2 aromatic heterocycles. The van der Waals surface area contributed by atoms with E-state index in [9.17, 15) is 14.9 Å². The van der Waals surface area contributed by atoms with Crippen LogP contribution in [0.2, 0.25) is 0 Å². The molecule has 0 bridgehead atoms. The third-order valence-corrected chi connectivity index (χ3v) is 4.79. The molecule has 0 spiro atoms. The van der Waals surface area contributed by atoms with E-state index in [4.69, 9.17) is 4.42 Å². The molecule has 0 saturated heterocycles. The minimum absolute atomic E-state index is 0.111. The van der Waals surface area contributed by atoms with Crippen LogP contribution in [0.25, 0.3) is 33.9 Å². The Labute approximate surface area is 180 Å². The average Bonchev–Trinajstić information content (AvgIpc) is 3.46. The number of carbonyl (C=O) groups excluding carboxylic acids is 1. The smallest absolute Gasteiger partial charge is 0.322 e. The largest absolute Gasteiger partial charge is 0.403 e. The number of imidazole rings is 1. The van der Waals surface area contributed by atoms with Gasteiger partial charge < -0.3 is 9.40 Å². The van der Waals surface area contributed by atoms with Crippen molar-refractivity contribution in [3.63, 3.8) is 0 Å². The van der Waals surface area contributed by atoms with E-state index in [0.717, 1.165) is 16.6 Å². The summed E-state index contributed by atoms with van der Waals surface area (Å²) in [7, 11) is 0. The van der Waals surface area contributed by atoms with Crippen LogP contribution >= 0.6 is 0 Å². The van der Waals surface area contributed by atoms with Gasteiger partial charge in [0.15, 0.2) is 0 Å². The van der Waals surface area contributed by atoms with Crippen molar-refractivity contribution in [2.24, 2.45) is 0 Å². The van der Waals surface area contributed by atoms with Crippen LogP contribution in [0, 0.1) is 10.1 Å². The maximum Gasteiger partial charge on any atom is 0.322 e. The molecule has 3 aromatic carbocycles. The van der Waals surface area contributed by atoms with Crippen LogP contribution in [0.15, 0.2) is 77.2 Å². The predicted molar refractivity (Wildman–Crippen MR) is 116 cm³/mol. The zero-order valence-corrected chi connectivity index (χ0v) is 16.4. The number of nitro groups is 1. The van der Waals surface area contributed by atoms with Gasteiger partial charge in [-0.1, -0.05) is 47.6 Å². The maximum absolute atomic E-state index is 12.5. The van der Waals surface area contributed by atoms with Gasteiger partial charge in [0.05, 0.1) is 16.0 Å². The Hall–Kier alpha value is -4.86. The number of H-pyrrole nitrogens is 1. The molecule has 0 radical (unpaired) electrons. The topological polar surface area (TPSA) is 140 Å². The average molecular weight is 426 g/mol. The first-order valence-corrected chi connectivity index (χ1v) is 9.53. The quantitative estimate of drug-likeness (QED) is 0.313. The number of nitro benzene ring substituents is 1. The van der Waals surface area contributed by atoms with E-state index in [1.54, 1.807) is 6.07 Å². The maximum atomic E-state index is 12.5. The van der Waals surface area contributed by atoms with Crippen LogP contribution in [0.1, 0.15) is 10.4 Å². The van der Waals surface area contributed by atoms with Gasteiger partial charge in [0.1, 0.15) is 11.4 Å². The molecule has 0 atom stereocenters. The fourth-order valence-electron chi connectivity index (χ4n) is 3.33. The first kappa shape index (κ1) is 19.1. The van der Waals surface area contributed by atoms with Gasteiger partial charge >= 0.3 is 6.01 Å². The van der Waals surface area contributed by atoms with E-state index in [2.05, 4.69) is 25.5 Å². The summed E-state index contributed by atoms with van der Waals surface area (Å²) < 4.78 is 5.63. The lowest BCUT2D eigenvalue weighted by Crippen LogP contribution is -2.14. The normalized spacial score (nSPS) is 10.9. The number of rotatable bonds is 5. The molecule has 156 valence electrons. The highest BCUT2D eigenvalue weighted by Gasteiger charge is 2.22. The van der Waals surface area contributed by atoms with Crippen molar-refractivity contribution in [1.29, 1.82) is 0 Å². The SMILES string of the molecule is O=C(Nc1nnc(-c2ccccc2-c2nc3ccccc3[nH]2)o1)c1ccccc1[N+](=O)[O-]. The number of hydrogen-bond acceptors (Lipinski definition) is 7. The number of anilines is 1. The summed E-state index contributed by atoms with van der Waals surface area (Å²) in [6.07, 6.45) is 0. The Bertz CT molecular complexity index is 1440. The first-order chi connectivity index (χ1) is 15.6. The molecule has 0 aliphatic heterocycles. The molecule has 2 N–H and O–H groups in total. The highest BCUT2D eigenvalue weighted by atomic mass is 16.6. The van der Waals surface area contributed by atoms with Crippen LogP contribution < -0.4 is 5.32 Å². The summed E-state index contributed by atoms with van der Waals surface area (Å²) in [5.41, 5.74) is 2.63. The highest BCUT2D eigenvalue weighted by Crippen LogP contribution is 2.31. The third kappa shape index (κ3) is 3.45. The molecule has 32 heavy (non-hydrogen) atoms. The molecule has 0 aliphatic rings. The van der Waals surface area contributed by atoms with Crippen LogP contribution in [0.3, 0.4) is 0 Å². The van der Waals surface area contributed by atoms with Crippen molar-refractivity contribution in [3.8, 4) is 22.8 Å². The van der Waals surface area contributed by atoms with E-state index in [1.807, 2.05) is 42.5 Å². The van der Waals surface area contributed by atoms with Gasteiger partial charge in [-0.3, -0.25) is 20.2 Å². The molecule has 0 saturated carbocycles. The van der Waals surface area contributed by atoms with Crippen LogP contribution in [0.4, 0.5) is 11.7 Å². The van der Waals surface area contributed by atoms with Crippen LogP contribution in [-0.4, -0.2) is 31.0 Å². The van der Waals surface area contributed by atoms with E-state index < -0.39 is 10.8 Å². The number of aromatic amines is 1. The van der Waals surface area contributed by atoms with Gasteiger partial charge in [0.2, 0.25) is 0 Å². The lowest BCUT2D eigenvalue weighted by molar-refractivity contribution is -0.385. The fourth-order valence-corrected chi connectivity index (χ4v) is 3.33. The predicted octanol–water partition coefficient (Wildman–Crippen LogP) is 4.44. The van der Waals surface area contributed by atoms with Gasteiger partial charge in [0, 0.05) is 17.2 Å². The van der Waals surface area contributed by atoms with Crippen molar-refractivity contribution < 1.29 is 14.1 Å². The monoisotopic (exact) mass is 426 g/mol. The molecule has 0 fully saturated rings. The number of nitrogens with one attached hydrogen (secondary N) is 2. The number of carbonyl (C=O) groups is 1. The minimum Gasteiger partial charge on any atom is -0.403 e. The zero-order chi connectivity index (χ0) is 22.1. The summed E-state index contributed by atoms with van der Waals surface area (Å²) in [5.74, 6) is 0.0717. The van der Waals surface area contributed by atoms with Crippen LogP contribution in [0.5, 0.6) is 0 Å². The summed E-state index contributed by atoms with van der Waals surface area (Å²) in [5, 5.41) is 21.5. The zero-order valence-electron chi connectivity index (χ0n) is 16.4. The highest BCUT2D eigenvalue weighted by molar-refractivity contribution is 6.06. The number of para-hydroxylation sites is 3. The number of fused-ring (bicyclic) bond motifs is 1. The molecular formula is C22H14N6O4. The molecule has 10 nitrogen and oxygen atoms in total. The lowest BCUT2D eigenvalue weighted by Gasteiger charge is -2.03. The van der Waals surface area contributed by atoms with E-state index in [-0.39, 0.29) is 23.2 Å². The van der Waals surface area contributed by atoms with Crippen molar-refractivity contribution in [2.75, 3.05) is 5.32 Å². The molecule has 0 unspecified atom stereocenters. The number of benzene rings is 3. The van der Waals surface area contributed by atoms with Gasteiger partial charge in [-0.05, 0) is 24.3 Å². The number of amides is 1. The van der Waals surface area contributed by atoms with E-state index >= 15 is 0 Å². The molecule has 2 heterocycles. The number of aromatic nitrogens is 4. The Morgan fingerprint density at radius 2 is 1.66 bits per heavy atom. The minimum atomic E-state index is -0.724. The van der Waals surface area contributed by atoms with Gasteiger partial charge in [-0.2, -0.15) is 0 Å². The van der Waals surface area contributed by atoms with Gasteiger partial charge in [0.25, 0.3) is 17.5 Å².